The molecule has 7 atom stereocenters. The number of esters is 2. The average Bonchev–Trinajstić information content (AvgIpc) is 2.77. The Morgan fingerprint density at radius 2 is 1.69 bits per heavy atom. The van der Waals surface area contributed by atoms with Crippen molar-refractivity contribution in [2.24, 2.45) is 40.9 Å². The van der Waals surface area contributed by atoms with Crippen LogP contribution in [0.1, 0.15) is 78.1 Å². The van der Waals surface area contributed by atoms with Crippen molar-refractivity contribution < 1.29 is 45.6 Å². The Morgan fingerprint density at radius 3 is 2.33 bits per heavy atom. The maximum Gasteiger partial charge on any atom is 0.465 e. The molecule has 36 heavy (non-hydrogen) atoms. The Morgan fingerprint density at radius 1 is 1.03 bits per heavy atom. The highest BCUT2D eigenvalue weighted by Crippen LogP contribution is 2.52. The smallest absolute Gasteiger partial charge is 0.456 e. The molecule has 0 aromatic heterocycles. The van der Waals surface area contributed by atoms with Gasteiger partial charge in [0.1, 0.15) is 6.10 Å². The molecule has 4 rings (SSSR count). The highest BCUT2D eigenvalue weighted by atomic mass is 32.2. The Labute approximate surface area is 211 Å². The van der Waals surface area contributed by atoms with Gasteiger partial charge in [0.15, 0.2) is 6.79 Å². The Bertz CT molecular complexity index is 926. The standard InChI is InChI=1S/C25H38F2O8S/c1-15-6-18-10-20(21(15)35-23(29)25(26,27)36(30,31)32)12-24(2,11-18)22(28)34-14-33-13-19-8-16-4-3-5-17(7-16)9-19/h15-21H,3-14H2,1-2H3,(H,30,31,32). The Hall–Kier alpha value is -1.33. The number of halogens is 2. The van der Waals surface area contributed by atoms with Gasteiger partial charge < -0.3 is 14.2 Å². The van der Waals surface area contributed by atoms with Crippen molar-refractivity contribution >= 4 is 22.1 Å². The van der Waals surface area contributed by atoms with Crippen LogP contribution in [0.5, 0.6) is 0 Å². The van der Waals surface area contributed by atoms with E-state index in [2.05, 4.69) is 0 Å². The van der Waals surface area contributed by atoms with E-state index in [4.69, 9.17) is 18.8 Å². The molecule has 11 heteroatoms. The lowest BCUT2D eigenvalue weighted by molar-refractivity contribution is -0.187. The average molecular weight is 537 g/mol. The van der Waals surface area contributed by atoms with E-state index in [1.54, 1.807) is 13.8 Å². The van der Waals surface area contributed by atoms with E-state index in [1.807, 2.05) is 0 Å². The monoisotopic (exact) mass is 536 g/mol. The number of hydrogen-bond acceptors (Lipinski definition) is 7. The number of rotatable bonds is 8. The van der Waals surface area contributed by atoms with Crippen LogP contribution in [-0.2, 0) is 33.9 Å². The fourth-order valence-corrected chi connectivity index (χ4v) is 7.87. The first-order valence-electron chi connectivity index (χ1n) is 13.1. The highest BCUT2D eigenvalue weighted by molar-refractivity contribution is 7.87. The van der Waals surface area contributed by atoms with Crippen LogP contribution in [0.25, 0.3) is 0 Å². The SMILES string of the molecule is CC1CC2CC(CC(C)(C(=O)OCOCC3CC4CCCC(C4)C3)C2)C1OC(=O)C(F)(F)S(=O)(=O)O. The number of carbonyl (C=O) groups excluding carboxylic acids is 2. The van der Waals surface area contributed by atoms with Gasteiger partial charge in [-0.2, -0.15) is 17.2 Å². The van der Waals surface area contributed by atoms with Crippen LogP contribution in [-0.4, -0.2) is 49.7 Å². The number of alkyl halides is 2. The molecule has 0 amide bonds. The van der Waals surface area contributed by atoms with Crippen molar-refractivity contribution in [1.82, 2.24) is 0 Å². The quantitative estimate of drug-likeness (QED) is 0.208. The van der Waals surface area contributed by atoms with Crippen LogP contribution < -0.4 is 0 Å². The van der Waals surface area contributed by atoms with Gasteiger partial charge in [-0.1, -0.05) is 26.2 Å². The minimum absolute atomic E-state index is 0.121. The number of hydrogen-bond donors (Lipinski definition) is 1. The second-order valence-corrected chi connectivity index (χ2v) is 13.5. The third kappa shape index (κ3) is 5.88. The lowest BCUT2D eigenvalue weighted by Gasteiger charge is -2.49. The van der Waals surface area contributed by atoms with E-state index in [0.29, 0.717) is 31.8 Å². The summed E-state index contributed by atoms with van der Waals surface area (Å²) in [6, 6.07) is 0. The number of fused-ring (bicyclic) bond motifs is 4. The molecule has 7 unspecified atom stereocenters. The first-order valence-corrected chi connectivity index (χ1v) is 14.5. The van der Waals surface area contributed by atoms with Crippen molar-refractivity contribution in [1.29, 1.82) is 0 Å². The maximum atomic E-state index is 13.8. The lowest BCUT2D eigenvalue weighted by Crippen LogP contribution is -2.51. The van der Waals surface area contributed by atoms with Crippen molar-refractivity contribution in [3.63, 3.8) is 0 Å². The molecule has 0 radical (unpaired) electrons. The van der Waals surface area contributed by atoms with Gasteiger partial charge in [-0.15, -0.1) is 0 Å². The molecule has 0 spiro atoms. The summed E-state index contributed by atoms with van der Waals surface area (Å²) in [5.74, 6) is -1.24. The van der Waals surface area contributed by atoms with Crippen LogP contribution in [0, 0.1) is 40.9 Å². The first-order chi connectivity index (χ1) is 16.8. The summed E-state index contributed by atoms with van der Waals surface area (Å²) >= 11 is 0. The van der Waals surface area contributed by atoms with Gasteiger partial charge in [0.25, 0.3) is 0 Å². The fraction of sp³-hybridized carbons (Fsp3) is 0.920. The summed E-state index contributed by atoms with van der Waals surface area (Å²) < 4.78 is 74.3. The molecule has 4 aliphatic rings. The van der Waals surface area contributed by atoms with E-state index in [0.717, 1.165) is 11.8 Å². The summed E-state index contributed by atoms with van der Waals surface area (Å²) in [5, 5.41) is -5.05. The normalized spacial score (nSPS) is 38.8. The van der Waals surface area contributed by atoms with Gasteiger partial charge in [0, 0.05) is 0 Å². The van der Waals surface area contributed by atoms with Crippen LogP contribution in [0.4, 0.5) is 8.78 Å². The second kappa shape index (κ2) is 10.4. The van der Waals surface area contributed by atoms with Gasteiger partial charge in [-0.25, -0.2) is 4.79 Å². The molecule has 4 aliphatic carbocycles. The summed E-state index contributed by atoms with van der Waals surface area (Å²) in [6.07, 6.45) is 8.53. The largest absolute Gasteiger partial charge is 0.465 e. The molecule has 0 heterocycles. The van der Waals surface area contributed by atoms with E-state index < -0.39 is 44.7 Å². The summed E-state index contributed by atoms with van der Waals surface area (Å²) in [5.41, 5.74) is -0.894. The topological polar surface area (TPSA) is 116 Å². The molecule has 0 aromatic carbocycles. The molecule has 4 bridgehead atoms. The zero-order chi connectivity index (χ0) is 26.3. The molecule has 1 N–H and O–H groups in total. The third-order valence-corrected chi connectivity index (χ3v) is 9.78. The molecular weight excluding hydrogens is 498 g/mol. The van der Waals surface area contributed by atoms with Crippen LogP contribution in [0.2, 0.25) is 0 Å². The molecule has 8 nitrogen and oxygen atoms in total. The van der Waals surface area contributed by atoms with E-state index in [1.165, 1.54) is 38.5 Å². The van der Waals surface area contributed by atoms with E-state index >= 15 is 0 Å². The Kier molecular flexibility index (Phi) is 8.03. The van der Waals surface area contributed by atoms with Crippen molar-refractivity contribution in [2.45, 2.75) is 89.4 Å². The highest BCUT2D eigenvalue weighted by Gasteiger charge is 2.57. The van der Waals surface area contributed by atoms with Crippen molar-refractivity contribution in [3.8, 4) is 0 Å². The molecule has 206 valence electrons. The molecule has 0 aromatic rings. The molecule has 0 aliphatic heterocycles. The molecular formula is C25H38F2O8S. The summed E-state index contributed by atoms with van der Waals surface area (Å²) in [7, 11) is -5.95. The molecule has 0 saturated heterocycles. The fourth-order valence-electron chi connectivity index (χ4n) is 7.61. The number of ether oxygens (including phenoxy) is 3. The minimum atomic E-state index is -5.95. The predicted octanol–water partition coefficient (Wildman–Crippen LogP) is 4.57. The van der Waals surface area contributed by atoms with Crippen LogP contribution >= 0.6 is 0 Å². The van der Waals surface area contributed by atoms with Crippen molar-refractivity contribution in [3.05, 3.63) is 0 Å². The summed E-state index contributed by atoms with van der Waals surface area (Å²) in [4.78, 5) is 25.0. The second-order valence-electron chi connectivity index (χ2n) is 12.1. The molecule has 4 fully saturated rings. The maximum absolute atomic E-state index is 13.8. The van der Waals surface area contributed by atoms with Gasteiger partial charge in [-0.05, 0) is 87.4 Å². The van der Waals surface area contributed by atoms with E-state index in [-0.39, 0.29) is 25.0 Å². The van der Waals surface area contributed by atoms with Gasteiger partial charge in [0.2, 0.25) is 0 Å². The van der Waals surface area contributed by atoms with E-state index in [9.17, 15) is 26.8 Å². The van der Waals surface area contributed by atoms with Gasteiger partial charge in [-0.3, -0.25) is 9.35 Å². The minimum Gasteiger partial charge on any atom is -0.456 e. The first kappa shape index (κ1) is 27.7. The summed E-state index contributed by atoms with van der Waals surface area (Å²) in [6.45, 7) is 3.94. The predicted molar refractivity (Wildman–Crippen MR) is 124 cm³/mol. The van der Waals surface area contributed by atoms with Crippen molar-refractivity contribution in [2.75, 3.05) is 13.4 Å². The zero-order valence-electron chi connectivity index (χ0n) is 21.0. The van der Waals surface area contributed by atoms with Gasteiger partial charge >= 0.3 is 27.3 Å². The van der Waals surface area contributed by atoms with Crippen LogP contribution in [0.3, 0.4) is 0 Å². The Balaban J connectivity index is 1.30. The van der Waals surface area contributed by atoms with Crippen LogP contribution in [0.15, 0.2) is 0 Å². The molecule has 4 saturated carbocycles. The number of carbonyl (C=O) groups is 2. The zero-order valence-corrected chi connectivity index (χ0v) is 21.8. The third-order valence-electron chi connectivity index (χ3n) is 8.97. The lowest BCUT2D eigenvalue weighted by atomic mass is 9.58. The van der Waals surface area contributed by atoms with Gasteiger partial charge in [0.05, 0.1) is 12.0 Å².